The molecule has 4 amide bonds. The number of hydroxylamine groups is 2. The van der Waals surface area contributed by atoms with Gasteiger partial charge >= 0.3 is 23.9 Å². The van der Waals surface area contributed by atoms with Crippen LogP contribution in [0.5, 0.6) is 5.75 Å². The monoisotopic (exact) mass is 1050 g/mol. The molecule has 0 spiro atoms. The molecule has 0 radical (unpaired) electrons. The highest BCUT2D eigenvalue weighted by atomic mass is 16.7. The summed E-state index contributed by atoms with van der Waals surface area (Å²) in [5.74, 6) is -6.32. The molecule has 0 saturated carbocycles. The Kier molecular flexibility index (Phi) is 22.0. The van der Waals surface area contributed by atoms with Gasteiger partial charge in [-0.15, -0.1) is 0 Å². The van der Waals surface area contributed by atoms with Gasteiger partial charge in [-0.25, -0.2) is 14.4 Å². The molecule has 6 rings (SSSR count). The molecule has 19 nitrogen and oxygen atoms in total. The van der Waals surface area contributed by atoms with E-state index in [9.17, 15) is 38.4 Å². The largest absolute Gasteiger partial charge is 0.481 e. The van der Waals surface area contributed by atoms with Gasteiger partial charge in [-0.2, -0.15) is 5.06 Å². The minimum Gasteiger partial charge on any atom is -0.481 e. The van der Waals surface area contributed by atoms with Gasteiger partial charge in [0.25, 0.3) is 11.8 Å². The Hall–Kier alpha value is -9.13. The topological polar surface area (TPSA) is 248 Å². The lowest BCUT2D eigenvalue weighted by Crippen LogP contribution is -2.49. The van der Waals surface area contributed by atoms with E-state index in [0.29, 0.717) is 41.5 Å². The van der Waals surface area contributed by atoms with Crippen LogP contribution in [-0.2, 0) is 62.8 Å². The van der Waals surface area contributed by atoms with Gasteiger partial charge in [0.15, 0.2) is 12.4 Å². The number of hydrogen-bond donors (Lipinski definition) is 3. The summed E-state index contributed by atoms with van der Waals surface area (Å²) < 4.78 is 28.2. The van der Waals surface area contributed by atoms with E-state index in [4.69, 9.17) is 28.2 Å². The number of hydrogen-bond acceptors (Lipinski definition) is 15. The van der Waals surface area contributed by atoms with Gasteiger partial charge in [-0.1, -0.05) is 130 Å². The second-order valence-electron chi connectivity index (χ2n) is 17.6. The van der Waals surface area contributed by atoms with Crippen LogP contribution in [0.1, 0.15) is 106 Å². The van der Waals surface area contributed by atoms with Crippen LogP contribution >= 0.6 is 0 Å². The molecule has 0 aliphatic carbocycles. The molecule has 3 atom stereocenters. The third-order valence-electron chi connectivity index (χ3n) is 12.1. The van der Waals surface area contributed by atoms with E-state index in [1.807, 2.05) is 19.1 Å². The molecule has 77 heavy (non-hydrogen) atoms. The fraction of sp³-hybridized carbons (Fsp3) is 0.293. The number of nitrogens with zero attached hydrogens (tertiary/aromatic N) is 2. The second kappa shape index (κ2) is 29.7. The third-order valence-corrected chi connectivity index (χ3v) is 12.1. The van der Waals surface area contributed by atoms with Gasteiger partial charge in [0.2, 0.25) is 12.3 Å². The predicted molar refractivity (Wildman–Crippen MR) is 279 cm³/mol. The number of aromatic nitrogens is 1. The zero-order chi connectivity index (χ0) is 54.9. The maximum atomic E-state index is 14.2. The number of carbonyl (C=O) groups excluding carboxylic acids is 8. The molecule has 402 valence electrons. The zero-order valence-electron chi connectivity index (χ0n) is 43.0. The van der Waals surface area contributed by atoms with E-state index in [0.717, 1.165) is 23.5 Å². The minimum atomic E-state index is -1.52. The summed E-state index contributed by atoms with van der Waals surface area (Å²) in [4.78, 5) is 116. The Balaban J connectivity index is 1.16. The number of rotatable bonds is 29. The van der Waals surface area contributed by atoms with Crippen LogP contribution in [0.15, 0.2) is 144 Å². The van der Waals surface area contributed by atoms with Gasteiger partial charge in [-0.05, 0) is 72.4 Å². The maximum absolute atomic E-state index is 14.2. The lowest BCUT2D eigenvalue weighted by atomic mass is 9.90. The average molecular weight is 1050 g/mol. The lowest BCUT2D eigenvalue weighted by molar-refractivity contribution is -0.171. The Morgan fingerprint density at radius 1 is 0.701 bits per heavy atom. The van der Waals surface area contributed by atoms with Crippen molar-refractivity contribution in [2.45, 2.75) is 91.2 Å². The highest BCUT2D eigenvalue weighted by molar-refractivity contribution is 6.00. The fourth-order valence-corrected chi connectivity index (χ4v) is 7.94. The van der Waals surface area contributed by atoms with Crippen LogP contribution in [0.25, 0.3) is 11.3 Å². The predicted octanol–water partition coefficient (Wildman–Crippen LogP) is 7.76. The molecular formula is C58H61N5O14. The highest BCUT2D eigenvalue weighted by Gasteiger charge is 2.34. The van der Waals surface area contributed by atoms with Crippen LogP contribution in [0.3, 0.4) is 0 Å². The number of carbonyl (C=O) groups is 8. The first-order valence-electron chi connectivity index (χ1n) is 25.1. The fourth-order valence-electron chi connectivity index (χ4n) is 7.94. The standard InChI is InChI=1S/C58H61N5O14/c1-4-6-10-23-45(48(5-2)63(38-64)77-57(70)44-28-29-59-32-39(44)3)54(67)60-37-61-56(69)50-27-26-49(76-50)43-24-25-46(51(30-43)72-36-53(66)74-34-41-19-13-8-14-20-41)55(68)62-47(58(71)75-35-42-21-15-9-16-22-42)31-52(65)73-33-40-17-11-7-12-18-40/h7-9,11-22,24-30,32,38,45,47-48H,4-6,10,23,31,33-37H2,1-3H3,(H,60,67)(H,61,69)(H,62,68)/t45?,47?,48-/m1/s1. The summed E-state index contributed by atoms with van der Waals surface area (Å²) in [6, 6.07) is 32.9. The van der Waals surface area contributed by atoms with Crippen molar-refractivity contribution in [3.8, 4) is 17.1 Å². The summed E-state index contributed by atoms with van der Waals surface area (Å²) in [5.41, 5.74) is 3.00. The van der Waals surface area contributed by atoms with E-state index in [-0.39, 0.29) is 61.3 Å². The molecule has 6 aromatic rings. The van der Waals surface area contributed by atoms with Gasteiger partial charge < -0.3 is 44.2 Å². The summed E-state index contributed by atoms with van der Waals surface area (Å²) >= 11 is 0. The molecule has 19 heteroatoms. The van der Waals surface area contributed by atoms with Gasteiger partial charge in [-0.3, -0.25) is 29.0 Å². The van der Waals surface area contributed by atoms with Crippen molar-refractivity contribution in [3.05, 3.63) is 179 Å². The number of nitrogens with one attached hydrogen (secondary N) is 3. The Morgan fingerprint density at radius 2 is 1.34 bits per heavy atom. The number of pyridine rings is 1. The molecule has 2 heterocycles. The first-order chi connectivity index (χ1) is 37.4. The number of benzene rings is 4. The first kappa shape index (κ1) is 57.2. The Bertz CT molecular complexity index is 2930. The van der Waals surface area contributed by atoms with E-state index in [2.05, 4.69) is 20.9 Å². The smallest absolute Gasteiger partial charge is 0.363 e. The molecule has 3 N–H and O–H groups in total. The van der Waals surface area contributed by atoms with Crippen LogP contribution < -0.4 is 20.7 Å². The van der Waals surface area contributed by atoms with Crippen molar-refractivity contribution in [2.75, 3.05) is 13.3 Å². The van der Waals surface area contributed by atoms with Crippen LogP contribution in [0, 0.1) is 12.8 Å². The van der Waals surface area contributed by atoms with Crippen LogP contribution in [0.4, 0.5) is 0 Å². The normalized spacial score (nSPS) is 11.9. The van der Waals surface area contributed by atoms with E-state index in [1.165, 1.54) is 48.8 Å². The van der Waals surface area contributed by atoms with Gasteiger partial charge in [0.1, 0.15) is 37.4 Å². The number of ether oxygens (including phenoxy) is 4. The Labute approximate surface area is 445 Å². The first-order valence-corrected chi connectivity index (χ1v) is 25.1. The summed E-state index contributed by atoms with van der Waals surface area (Å²) in [7, 11) is 0. The molecule has 2 unspecified atom stereocenters. The number of esters is 3. The number of furan rings is 1. The summed E-state index contributed by atoms with van der Waals surface area (Å²) in [5, 5.41) is 8.75. The molecule has 0 aliphatic rings. The zero-order valence-corrected chi connectivity index (χ0v) is 43.0. The van der Waals surface area contributed by atoms with Crippen molar-refractivity contribution in [1.82, 2.24) is 26.0 Å². The van der Waals surface area contributed by atoms with Gasteiger partial charge in [0.05, 0.1) is 36.2 Å². The van der Waals surface area contributed by atoms with Crippen LogP contribution in [-0.4, -0.2) is 83.4 Å². The quantitative estimate of drug-likeness (QED) is 0.0101. The van der Waals surface area contributed by atoms with E-state index in [1.54, 1.807) is 92.7 Å². The summed E-state index contributed by atoms with van der Waals surface area (Å²) in [6.07, 6.45) is 5.63. The van der Waals surface area contributed by atoms with Gasteiger partial charge in [0, 0.05) is 18.0 Å². The van der Waals surface area contributed by atoms with Crippen molar-refractivity contribution >= 4 is 48.0 Å². The average Bonchev–Trinajstić information content (AvgIpc) is 3.96. The highest BCUT2D eigenvalue weighted by Crippen LogP contribution is 2.30. The molecule has 0 saturated heterocycles. The van der Waals surface area contributed by atoms with E-state index >= 15 is 0 Å². The maximum Gasteiger partial charge on any atom is 0.363 e. The Morgan fingerprint density at radius 3 is 1.95 bits per heavy atom. The number of aryl methyl sites for hydroxylation is 1. The van der Waals surface area contributed by atoms with Crippen molar-refractivity contribution in [2.24, 2.45) is 5.92 Å². The minimum absolute atomic E-state index is 0.0491. The molecular weight excluding hydrogens is 991 g/mol. The van der Waals surface area contributed by atoms with Crippen molar-refractivity contribution < 1.29 is 66.6 Å². The lowest BCUT2D eigenvalue weighted by Gasteiger charge is -2.32. The third kappa shape index (κ3) is 17.5. The molecule has 0 fully saturated rings. The second-order valence-corrected chi connectivity index (χ2v) is 17.6. The van der Waals surface area contributed by atoms with E-state index < -0.39 is 72.6 Å². The molecule has 2 aromatic heterocycles. The number of amides is 4. The number of unbranched alkanes of at least 4 members (excludes halogenated alkanes) is 2. The van der Waals surface area contributed by atoms with Crippen molar-refractivity contribution in [1.29, 1.82) is 0 Å². The van der Waals surface area contributed by atoms with Crippen molar-refractivity contribution in [3.63, 3.8) is 0 Å². The molecule has 0 aliphatic heterocycles. The molecule has 0 bridgehead atoms. The molecule has 4 aromatic carbocycles. The van der Waals surface area contributed by atoms with Crippen LogP contribution in [0.2, 0.25) is 0 Å². The SMILES string of the molecule is CCCCCC(C(=O)NCNC(=O)c1ccc(-c2ccc(C(=O)NC(CC(=O)OCc3ccccc3)C(=O)OCc3ccccc3)c(OCC(=O)OCc3ccccc3)c2)o1)[C@@H](CC)N(C=O)OC(=O)c1ccncc1C. The summed E-state index contributed by atoms with van der Waals surface area (Å²) in [6.45, 7) is 4.19.